The Morgan fingerprint density at radius 3 is 2.27 bits per heavy atom. The second kappa shape index (κ2) is 9.34. The van der Waals surface area contributed by atoms with E-state index in [2.05, 4.69) is 11.8 Å². The number of hydrogen-bond donors (Lipinski definition) is 0. The molecule has 0 saturated carbocycles. The average molecular weight is 384 g/mol. The van der Waals surface area contributed by atoms with Crippen LogP contribution in [0.15, 0.2) is 24.3 Å². The molecule has 2 rings (SSSR count). The van der Waals surface area contributed by atoms with Crippen LogP contribution in [0.4, 0.5) is 0 Å². The molecule has 1 aromatic rings. The minimum atomic E-state index is -3.45. The summed E-state index contributed by atoms with van der Waals surface area (Å²) in [7, 11) is -1.84. The number of ether oxygens (including phenoxy) is 1. The zero-order chi connectivity index (χ0) is 19.2. The van der Waals surface area contributed by atoms with Crippen molar-refractivity contribution in [2.75, 3.05) is 59.2 Å². The molecule has 0 radical (unpaired) electrons. The molecule has 0 aliphatic carbocycles. The second-order valence-electron chi connectivity index (χ2n) is 6.51. The van der Waals surface area contributed by atoms with Crippen LogP contribution in [0, 0.1) is 0 Å². The van der Waals surface area contributed by atoms with Crippen LogP contribution in [0.2, 0.25) is 0 Å². The maximum Gasteiger partial charge on any atom is 0.237 e. The summed E-state index contributed by atoms with van der Waals surface area (Å²) in [6.07, 6.45) is 1.71. The third kappa shape index (κ3) is 5.96. The third-order valence-electron chi connectivity index (χ3n) is 4.76. The molecule has 0 spiro atoms. The molecule has 146 valence electrons. The van der Waals surface area contributed by atoms with Gasteiger partial charge in [0.15, 0.2) is 0 Å². The molecule has 0 aromatic heterocycles. The molecule has 1 aliphatic heterocycles. The van der Waals surface area contributed by atoms with Gasteiger partial charge in [0, 0.05) is 32.7 Å². The van der Waals surface area contributed by atoms with Crippen molar-refractivity contribution in [1.29, 1.82) is 0 Å². The highest BCUT2D eigenvalue weighted by molar-refractivity contribution is 7.88. The van der Waals surface area contributed by atoms with E-state index >= 15 is 0 Å². The van der Waals surface area contributed by atoms with Gasteiger partial charge in [0.1, 0.15) is 5.75 Å². The van der Waals surface area contributed by atoms with Crippen molar-refractivity contribution in [3.63, 3.8) is 0 Å². The highest BCUT2D eigenvalue weighted by atomic mass is 32.2. The van der Waals surface area contributed by atoms with E-state index in [1.807, 2.05) is 24.3 Å². The van der Waals surface area contributed by atoms with Crippen LogP contribution < -0.4 is 4.74 Å². The van der Waals surface area contributed by atoms with Crippen LogP contribution in [0.3, 0.4) is 0 Å². The van der Waals surface area contributed by atoms with E-state index in [1.165, 1.54) is 4.31 Å². The second-order valence-corrected chi connectivity index (χ2v) is 8.49. The standard InChI is InChI=1S/C18H29N3O4S/c1-4-19-11-13-20(14-12-19)18(22)15-21(26(3,23)24)10-9-16-5-7-17(25-2)8-6-16/h5-8H,4,9-15H2,1-3H3. The number of sulfonamides is 1. The lowest BCUT2D eigenvalue weighted by atomic mass is 10.1. The summed E-state index contributed by atoms with van der Waals surface area (Å²) in [5.41, 5.74) is 1.00. The van der Waals surface area contributed by atoms with E-state index in [4.69, 9.17) is 4.74 Å². The summed E-state index contributed by atoms with van der Waals surface area (Å²) in [6.45, 7) is 6.25. The molecule has 1 amide bonds. The SMILES string of the molecule is CCN1CCN(C(=O)CN(CCc2ccc(OC)cc2)S(C)(=O)=O)CC1. The Balaban J connectivity index is 1.93. The van der Waals surface area contributed by atoms with Gasteiger partial charge >= 0.3 is 0 Å². The topological polar surface area (TPSA) is 70.2 Å². The Morgan fingerprint density at radius 1 is 1.15 bits per heavy atom. The number of carbonyl (C=O) groups excluding carboxylic acids is 1. The fourth-order valence-electron chi connectivity index (χ4n) is 2.97. The molecule has 1 saturated heterocycles. The fraction of sp³-hybridized carbons (Fsp3) is 0.611. The van der Waals surface area contributed by atoms with Crippen LogP contribution in [0.1, 0.15) is 12.5 Å². The minimum Gasteiger partial charge on any atom is -0.497 e. The Labute approximate surface area is 156 Å². The Bertz CT molecular complexity index is 683. The highest BCUT2D eigenvalue weighted by Gasteiger charge is 2.25. The zero-order valence-electron chi connectivity index (χ0n) is 15.8. The van der Waals surface area contributed by atoms with E-state index in [0.717, 1.165) is 37.2 Å². The Hall–Kier alpha value is -1.64. The van der Waals surface area contributed by atoms with Crippen molar-refractivity contribution >= 4 is 15.9 Å². The molecular weight excluding hydrogens is 354 g/mol. The van der Waals surface area contributed by atoms with E-state index in [9.17, 15) is 13.2 Å². The molecule has 8 heteroatoms. The fourth-order valence-corrected chi connectivity index (χ4v) is 3.74. The first-order chi connectivity index (χ1) is 12.3. The summed E-state index contributed by atoms with van der Waals surface area (Å²) >= 11 is 0. The van der Waals surface area contributed by atoms with Gasteiger partial charge in [0.25, 0.3) is 0 Å². The minimum absolute atomic E-state index is 0.0961. The molecule has 1 aromatic carbocycles. The summed E-state index contributed by atoms with van der Waals surface area (Å²) in [5.74, 6) is 0.635. The lowest BCUT2D eigenvalue weighted by Gasteiger charge is -2.35. The molecule has 7 nitrogen and oxygen atoms in total. The number of nitrogens with zero attached hydrogens (tertiary/aromatic N) is 3. The van der Waals surface area contributed by atoms with Crippen LogP contribution >= 0.6 is 0 Å². The first-order valence-electron chi connectivity index (χ1n) is 8.91. The first kappa shape index (κ1) is 20.7. The smallest absolute Gasteiger partial charge is 0.237 e. The lowest BCUT2D eigenvalue weighted by Crippen LogP contribution is -2.51. The van der Waals surface area contributed by atoms with Gasteiger partial charge in [-0.2, -0.15) is 4.31 Å². The zero-order valence-corrected chi connectivity index (χ0v) is 16.7. The van der Waals surface area contributed by atoms with E-state index in [0.29, 0.717) is 19.5 Å². The van der Waals surface area contributed by atoms with E-state index in [-0.39, 0.29) is 19.0 Å². The van der Waals surface area contributed by atoms with Crippen LogP contribution in [-0.4, -0.2) is 87.6 Å². The monoisotopic (exact) mass is 383 g/mol. The number of methoxy groups -OCH3 is 1. The molecule has 0 atom stereocenters. The molecule has 26 heavy (non-hydrogen) atoms. The quantitative estimate of drug-likeness (QED) is 0.660. The van der Waals surface area contributed by atoms with Crippen molar-refractivity contribution in [3.05, 3.63) is 29.8 Å². The number of likely N-dealkylation sites (N-methyl/N-ethyl adjacent to an activating group) is 1. The Morgan fingerprint density at radius 2 is 1.77 bits per heavy atom. The summed E-state index contributed by atoms with van der Waals surface area (Å²) in [5, 5.41) is 0. The lowest BCUT2D eigenvalue weighted by molar-refractivity contribution is -0.133. The number of benzene rings is 1. The molecule has 0 bridgehead atoms. The van der Waals surface area contributed by atoms with Gasteiger partial charge in [-0.05, 0) is 30.7 Å². The predicted molar refractivity (Wildman–Crippen MR) is 102 cm³/mol. The molecular formula is C18H29N3O4S. The first-order valence-corrected chi connectivity index (χ1v) is 10.8. The number of hydrogen-bond acceptors (Lipinski definition) is 5. The van der Waals surface area contributed by atoms with Gasteiger partial charge in [-0.25, -0.2) is 8.42 Å². The third-order valence-corrected chi connectivity index (χ3v) is 6.01. The van der Waals surface area contributed by atoms with Gasteiger partial charge in [-0.1, -0.05) is 19.1 Å². The largest absolute Gasteiger partial charge is 0.497 e. The van der Waals surface area contributed by atoms with Gasteiger partial charge in [0.05, 0.1) is 19.9 Å². The highest BCUT2D eigenvalue weighted by Crippen LogP contribution is 2.13. The normalized spacial score (nSPS) is 16.1. The summed E-state index contributed by atoms with van der Waals surface area (Å²) in [4.78, 5) is 16.6. The van der Waals surface area contributed by atoms with Gasteiger partial charge in [-0.3, -0.25) is 4.79 Å². The van der Waals surface area contributed by atoms with Crippen LogP contribution in [-0.2, 0) is 21.2 Å². The number of rotatable bonds is 8. The number of piperazine rings is 1. The van der Waals surface area contributed by atoms with E-state index in [1.54, 1.807) is 12.0 Å². The van der Waals surface area contributed by atoms with Gasteiger partial charge in [-0.15, -0.1) is 0 Å². The van der Waals surface area contributed by atoms with Crippen molar-refractivity contribution in [1.82, 2.24) is 14.1 Å². The predicted octanol–water partition coefficient (Wildman–Crippen LogP) is 0.663. The molecule has 1 heterocycles. The van der Waals surface area contributed by atoms with E-state index < -0.39 is 10.0 Å². The van der Waals surface area contributed by atoms with Crippen LogP contribution in [0.5, 0.6) is 5.75 Å². The van der Waals surface area contributed by atoms with Crippen molar-refractivity contribution < 1.29 is 17.9 Å². The average Bonchev–Trinajstić information content (AvgIpc) is 2.64. The van der Waals surface area contributed by atoms with Crippen molar-refractivity contribution in [2.45, 2.75) is 13.3 Å². The maximum atomic E-state index is 12.5. The maximum absolute atomic E-state index is 12.5. The van der Waals surface area contributed by atoms with Crippen molar-refractivity contribution in [3.8, 4) is 5.75 Å². The van der Waals surface area contributed by atoms with Gasteiger partial charge < -0.3 is 14.5 Å². The van der Waals surface area contributed by atoms with Gasteiger partial charge in [0.2, 0.25) is 15.9 Å². The number of amides is 1. The number of carbonyl (C=O) groups is 1. The van der Waals surface area contributed by atoms with Crippen LogP contribution in [0.25, 0.3) is 0 Å². The summed E-state index contributed by atoms with van der Waals surface area (Å²) < 4.78 is 30.6. The molecule has 0 N–H and O–H groups in total. The Kier molecular flexibility index (Phi) is 7.43. The van der Waals surface area contributed by atoms with Crippen molar-refractivity contribution in [2.24, 2.45) is 0 Å². The molecule has 1 aliphatic rings. The summed E-state index contributed by atoms with van der Waals surface area (Å²) in [6, 6.07) is 7.51. The molecule has 0 unspecified atom stereocenters. The molecule has 1 fully saturated rings.